The molecule has 154 valence electrons. The molecule has 0 aliphatic carbocycles. The van der Waals surface area contributed by atoms with Crippen molar-refractivity contribution in [3.05, 3.63) is 30.1 Å². The highest BCUT2D eigenvalue weighted by molar-refractivity contribution is 5.92. The minimum absolute atomic E-state index is 0.000275. The van der Waals surface area contributed by atoms with E-state index in [0.29, 0.717) is 31.9 Å². The Kier molecular flexibility index (Phi) is 7.89. The number of rotatable bonds is 7. The fourth-order valence-corrected chi connectivity index (χ4v) is 2.79. The van der Waals surface area contributed by atoms with E-state index in [2.05, 4.69) is 10.6 Å². The fourth-order valence-electron chi connectivity index (χ4n) is 2.79. The number of anilines is 1. The van der Waals surface area contributed by atoms with Gasteiger partial charge in [0.05, 0.1) is 19.1 Å². The molecule has 0 radical (unpaired) electrons. The van der Waals surface area contributed by atoms with Crippen LogP contribution in [0.4, 0.5) is 10.1 Å². The lowest BCUT2D eigenvalue weighted by atomic mass is 10.1. The molecule has 0 spiro atoms. The summed E-state index contributed by atoms with van der Waals surface area (Å²) in [5.41, 5.74) is 6.29. The van der Waals surface area contributed by atoms with Gasteiger partial charge in [-0.25, -0.2) is 4.39 Å². The molecule has 0 unspecified atom stereocenters. The summed E-state index contributed by atoms with van der Waals surface area (Å²) in [7, 11) is 0. The van der Waals surface area contributed by atoms with Crippen LogP contribution in [0, 0.1) is 11.7 Å². The molecular weight excluding hydrogens is 365 g/mol. The Hall–Kier alpha value is -2.52. The molecule has 2 rings (SSSR count). The van der Waals surface area contributed by atoms with Crippen LogP contribution < -0.4 is 16.4 Å². The van der Waals surface area contributed by atoms with Crippen LogP contribution in [0.1, 0.15) is 13.8 Å². The first kappa shape index (κ1) is 21.8. The van der Waals surface area contributed by atoms with Gasteiger partial charge in [0.1, 0.15) is 5.82 Å². The van der Waals surface area contributed by atoms with Gasteiger partial charge in [-0.3, -0.25) is 19.3 Å². The second kappa shape index (κ2) is 10.1. The molecule has 1 aromatic carbocycles. The first-order valence-corrected chi connectivity index (χ1v) is 9.35. The van der Waals surface area contributed by atoms with Crippen molar-refractivity contribution in [2.75, 3.05) is 44.6 Å². The standard InChI is InChI=1S/C19H28FN5O3/c1-13(2)18(21)19(28)22-11-17(27)25-9-7-24(8-10-25)12-16(26)23-15-5-3-14(20)4-6-15/h3-6,13,18H,7-12,21H2,1-2H3,(H,22,28)(H,23,26)/t18-/m0/s1. The van der Waals surface area contributed by atoms with E-state index in [0.717, 1.165) is 0 Å². The third kappa shape index (κ3) is 6.58. The summed E-state index contributed by atoms with van der Waals surface area (Å²) >= 11 is 0. The normalized spacial score (nSPS) is 16.0. The lowest BCUT2D eigenvalue weighted by Crippen LogP contribution is -2.53. The Labute approximate surface area is 164 Å². The van der Waals surface area contributed by atoms with Gasteiger partial charge in [-0.15, -0.1) is 0 Å². The molecule has 0 saturated carbocycles. The Morgan fingerprint density at radius 1 is 1.11 bits per heavy atom. The Bertz CT molecular complexity index is 687. The smallest absolute Gasteiger partial charge is 0.242 e. The lowest BCUT2D eigenvalue weighted by molar-refractivity contribution is -0.135. The van der Waals surface area contributed by atoms with Crippen LogP contribution in [0.2, 0.25) is 0 Å². The molecule has 1 aliphatic rings. The zero-order chi connectivity index (χ0) is 20.7. The van der Waals surface area contributed by atoms with E-state index < -0.39 is 6.04 Å². The quantitative estimate of drug-likeness (QED) is 0.605. The molecule has 1 fully saturated rings. The van der Waals surface area contributed by atoms with Gasteiger partial charge >= 0.3 is 0 Å². The van der Waals surface area contributed by atoms with E-state index in [1.165, 1.54) is 24.3 Å². The molecule has 28 heavy (non-hydrogen) atoms. The number of halogens is 1. The van der Waals surface area contributed by atoms with E-state index >= 15 is 0 Å². The average molecular weight is 393 g/mol. The van der Waals surface area contributed by atoms with Crippen molar-refractivity contribution in [2.24, 2.45) is 11.7 Å². The van der Waals surface area contributed by atoms with Crippen LogP contribution in [0.15, 0.2) is 24.3 Å². The minimum atomic E-state index is -0.635. The molecule has 3 amide bonds. The van der Waals surface area contributed by atoms with Crippen LogP contribution in [0.5, 0.6) is 0 Å². The topological polar surface area (TPSA) is 108 Å². The third-order valence-corrected chi connectivity index (χ3v) is 4.66. The van der Waals surface area contributed by atoms with Crippen LogP contribution in [-0.2, 0) is 14.4 Å². The zero-order valence-corrected chi connectivity index (χ0v) is 16.3. The van der Waals surface area contributed by atoms with Gasteiger partial charge in [0.15, 0.2) is 0 Å². The predicted octanol–water partition coefficient (Wildman–Crippen LogP) is 0.00790. The summed E-state index contributed by atoms with van der Waals surface area (Å²) < 4.78 is 12.9. The van der Waals surface area contributed by atoms with Crippen LogP contribution in [-0.4, -0.2) is 72.8 Å². The molecule has 4 N–H and O–H groups in total. The summed E-state index contributed by atoms with van der Waals surface area (Å²) in [6.45, 7) is 5.88. The van der Waals surface area contributed by atoms with Crippen molar-refractivity contribution in [1.82, 2.24) is 15.1 Å². The molecule has 1 heterocycles. The van der Waals surface area contributed by atoms with E-state index in [-0.39, 0.29) is 42.5 Å². The largest absolute Gasteiger partial charge is 0.346 e. The first-order valence-electron chi connectivity index (χ1n) is 9.35. The molecular formula is C19H28FN5O3. The lowest BCUT2D eigenvalue weighted by Gasteiger charge is -2.34. The average Bonchev–Trinajstić information content (AvgIpc) is 2.67. The maximum atomic E-state index is 12.9. The molecule has 1 aromatic rings. The summed E-state index contributed by atoms with van der Waals surface area (Å²) in [5.74, 6) is -1.05. The summed E-state index contributed by atoms with van der Waals surface area (Å²) in [4.78, 5) is 39.8. The van der Waals surface area contributed by atoms with Crippen LogP contribution in [0.25, 0.3) is 0 Å². The summed E-state index contributed by atoms with van der Waals surface area (Å²) in [5, 5.41) is 5.29. The number of benzene rings is 1. The highest BCUT2D eigenvalue weighted by atomic mass is 19.1. The van der Waals surface area contributed by atoms with E-state index in [1.54, 1.807) is 4.90 Å². The molecule has 0 bridgehead atoms. The number of piperazine rings is 1. The van der Waals surface area contributed by atoms with Crippen molar-refractivity contribution in [3.8, 4) is 0 Å². The number of nitrogens with zero attached hydrogens (tertiary/aromatic N) is 2. The number of nitrogens with one attached hydrogen (secondary N) is 2. The number of nitrogens with two attached hydrogens (primary N) is 1. The van der Waals surface area contributed by atoms with Gasteiger partial charge in [-0.2, -0.15) is 0 Å². The van der Waals surface area contributed by atoms with Crippen molar-refractivity contribution in [3.63, 3.8) is 0 Å². The van der Waals surface area contributed by atoms with Gasteiger partial charge in [-0.1, -0.05) is 13.8 Å². The molecule has 8 nitrogen and oxygen atoms in total. The zero-order valence-electron chi connectivity index (χ0n) is 16.3. The predicted molar refractivity (Wildman–Crippen MR) is 104 cm³/mol. The first-order chi connectivity index (χ1) is 13.3. The maximum Gasteiger partial charge on any atom is 0.242 e. The number of hydrogen-bond donors (Lipinski definition) is 3. The summed E-state index contributed by atoms with van der Waals surface area (Å²) in [6, 6.07) is 4.94. The number of carbonyl (C=O) groups excluding carboxylic acids is 3. The van der Waals surface area contributed by atoms with Gasteiger partial charge < -0.3 is 21.3 Å². The van der Waals surface area contributed by atoms with E-state index in [1.807, 2.05) is 18.7 Å². The van der Waals surface area contributed by atoms with Gasteiger partial charge in [0, 0.05) is 31.9 Å². The minimum Gasteiger partial charge on any atom is -0.346 e. The second-order valence-electron chi connectivity index (χ2n) is 7.20. The SMILES string of the molecule is CC(C)[C@H](N)C(=O)NCC(=O)N1CCN(CC(=O)Nc2ccc(F)cc2)CC1. The Morgan fingerprint density at radius 2 is 1.71 bits per heavy atom. The van der Waals surface area contributed by atoms with Gasteiger partial charge in [0.2, 0.25) is 17.7 Å². The molecule has 9 heteroatoms. The molecule has 1 atom stereocenters. The van der Waals surface area contributed by atoms with Gasteiger partial charge in [0.25, 0.3) is 0 Å². The second-order valence-corrected chi connectivity index (χ2v) is 7.20. The highest BCUT2D eigenvalue weighted by Crippen LogP contribution is 2.09. The number of hydrogen-bond acceptors (Lipinski definition) is 5. The Balaban J connectivity index is 1.70. The fraction of sp³-hybridized carbons (Fsp3) is 0.526. The van der Waals surface area contributed by atoms with Crippen molar-refractivity contribution in [1.29, 1.82) is 0 Å². The molecule has 1 saturated heterocycles. The Morgan fingerprint density at radius 3 is 2.29 bits per heavy atom. The van der Waals surface area contributed by atoms with Crippen molar-refractivity contribution in [2.45, 2.75) is 19.9 Å². The van der Waals surface area contributed by atoms with Crippen LogP contribution >= 0.6 is 0 Å². The van der Waals surface area contributed by atoms with Crippen molar-refractivity contribution >= 4 is 23.4 Å². The van der Waals surface area contributed by atoms with Crippen LogP contribution in [0.3, 0.4) is 0 Å². The van der Waals surface area contributed by atoms with Crippen molar-refractivity contribution < 1.29 is 18.8 Å². The monoisotopic (exact) mass is 393 g/mol. The number of amides is 3. The van der Waals surface area contributed by atoms with Gasteiger partial charge in [-0.05, 0) is 30.2 Å². The molecule has 1 aliphatic heterocycles. The third-order valence-electron chi connectivity index (χ3n) is 4.66. The van der Waals surface area contributed by atoms with E-state index in [9.17, 15) is 18.8 Å². The maximum absolute atomic E-state index is 12.9. The molecule has 0 aromatic heterocycles. The highest BCUT2D eigenvalue weighted by Gasteiger charge is 2.24. The van der Waals surface area contributed by atoms with E-state index in [4.69, 9.17) is 5.73 Å². The number of carbonyl (C=O) groups is 3. The summed E-state index contributed by atoms with van der Waals surface area (Å²) in [6.07, 6.45) is 0.